The maximum atomic E-state index is 14.4. The molecule has 0 bridgehead atoms. The number of hydrogen-bond acceptors (Lipinski definition) is 1. The Hall–Kier alpha value is -5.44. The first-order chi connectivity index (χ1) is 21.7. The number of benzene rings is 5. The van der Waals surface area contributed by atoms with Crippen LogP contribution < -0.4 is 0 Å². The second kappa shape index (κ2) is 9.78. The van der Waals surface area contributed by atoms with Crippen molar-refractivity contribution in [3.63, 3.8) is 0 Å². The van der Waals surface area contributed by atoms with Gasteiger partial charge in [0, 0.05) is 27.2 Å². The van der Waals surface area contributed by atoms with Crippen molar-refractivity contribution in [2.45, 2.75) is 18.5 Å². The number of fused-ring (bicyclic) bond motifs is 6. The molecule has 0 fully saturated rings. The molecule has 2 aromatic heterocycles. The minimum absolute atomic E-state index is 0.0327. The first-order valence-electron chi connectivity index (χ1n) is 13.6. The average molecular weight is 638 g/mol. The van der Waals surface area contributed by atoms with Gasteiger partial charge in [-0.1, -0.05) is 42.5 Å². The van der Waals surface area contributed by atoms with Gasteiger partial charge in [0.15, 0.2) is 0 Å². The van der Waals surface area contributed by atoms with Gasteiger partial charge in [-0.2, -0.15) is 44.8 Å². The second-order valence-corrected chi connectivity index (χ2v) is 10.7. The molecule has 0 radical (unpaired) electrons. The third-order valence-corrected chi connectivity index (χ3v) is 7.98. The number of para-hydroxylation sites is 3. The summed E-state index contributed by atoms with van der Waals surface area (Å²) < 4.78 is 129. The summed E-state index contributed by atoms with van der Waals surface area (Å²) in [7, 11) is 0. The normalized spacial score (nSPS) is 12.9. The number of aromatic nitrogens is 2. The highest BCUT2D eigenvalue weighted by atomic mass is 19.4. The fourth-order valence-electron chi connectivity index (χ4n) is 6.12. The van der Waals surface area contributed by atoms with Crippen LogP contribution in [0.15, 0.2) is 97.1 Å². The fourth-order valence-corrected chi connectivity index (χ4v) is 6.12. The summed E-state index contributed by atoms with van der Waals surface area (Å²) in [5, 5.41) is 11.8. The van der Waals surface area contributed by atoms with Crippen LogP contribution in [-0.2, 0) is 18.5 Å². The molecule has 0 aliphatic carbocycles. The predicted molar refractivity (Wildman–Crippen MR) is 155 cm³/mol. The molecule has 230 valence electrons. The van der Waals surface area contributed by atoms with Crippen molar-refractivity contribution in [3.8, 4) is 17.4 Å². The molecule has 0 aliphatic rings. The SMILES string of the molecule is N#Cc1cccc(C(F)(F)F)c1-n1c2ccccc2c2cc3c4ccccc4n(-c4cc(C(F)(F)F)cc(C(F)(F)F)c4)c3cc21. The fraction of sp³-hybridized carbons (Fsp3) is 0.0882. The van der Waals surface area contributed by atoms with Gasteiger partial charge < -0.3 is 9.13 Å². The Balaban J connectivity index is 1.68. The molecule has 2 heterocycles. The van der Waals surface area contributed by atoms with Crippen LogP contribution >= 0.6 is 0 Å². The van der Waals surface area contributed by atoms with Gasteiger partial charge in [0.25, 0.3) is 0 Å². The lowest BCUT2D eigenvalue weighted by Crippen LogP contribution is -2.12. The summed E-state index contributed by atoms with van der Waals surface area (Å²) in [6.45, 7) is 0. The summed E-state index contributed by atoms with van der Waals surface area (Å²) >= 11 is 0. The van der Waals surface area contributed by atoms with Gasteiger partial charge in [-0.05, 0) is 54.6 Å². The second-order valence-electron chi connectivity index (χ2n) is 10.7. The quantitative estimate of drug-likeness (QED) is 0.174. The number of hydrogen-bond donors (Lipinski definition) is 0. The highest BCUT2D eigenvalue weighted by molar-refractivity contribution is 6.19. The molecule has 46 heavy (non-hydrogen) atoms. The number of nitriles is 1. The molecule has 0 N–H and O–H groups in total. The Morgan fingerprint density at radius 1 is 0.478 bits per heavy atom. The van der Waals surface area contributed by atoms with Gasteiger partial charge in [0.1, 0.15) is 6.07 Å². The monoisotopic (exact) mass is 637 g/mol. The van der Waals surface area contributed by atoms with E-state index in [2.05, 4.69) is 0 Å². The Labute approximate surface area is 252 Å². The lowest BCUT2D eigenvalue weighted by molar-refractivity contribution is -0.143. The van der Waals surface area contributed by atoms with Crippen molar-refractivity contribution in [2.75, 3.05) is 0 Å². The van der Waals surface area contributed by atoms with Gasteiger partial charge in [-0.3, -0.25) is 0 Å². The molecule has 0 amide bonds. The highest BCUT2D eigenvalue weighted by Crippen LogP contribution is 2.44. The molecule has 0 aliphatic heterocycles. The van der Waals surface area contributed by atoms with E-state index >= 15 is 0 Å². The van der Waals surface area contributed by atoms with Gasteiger partial charge in [-0.15, -0.1) is 0 Å². The summed E-state index contributed by atoms with van der Waals surface area (Å²) in [5.41, 5.74) is -4.41. The van der Waals surface area contributed by atoms with Gasteiger partial charge in [-0.25, -0.2) is 0 Å². The average Bonchev–Trinajstić information content (AvgIpc) is 3.50. The summed E-state index contributed by atoms with van der Waals surface area (Å²) in [5.74, 6) is 0. The molecule has 7 rings (SSSR count). The van der Waals surface area contributed by atoms with Crippen LogP contribution in [-0.4, -0.2) is 9.13 Å². The molecule has 0 spiro atoms. The van der Waals surface area contributed by atoms with Crippen LogP contribution in [0.4, 0.5) is 39.5 Å². The third kappa shape index (κ3) is 4.45. The van der Waals surface area contributed by atoms with Gasteiger partial charge in [0.2, 0.25) is 0 Å². The smallest absolute Gasteiger partial charge is 0.309 e. The van der Waals surface area contributed by atoms with E-state index in [-0.39, 0.29) is 28.2 Å². The van der Waals surface area contributed by atoms with Crippen molar-refractivity contribution in [1.29, 1.82) is 5.26 Å². The summed E-state index contributed by atoms with van der Waals surface area (Å²) in [6, 6.07) is 22.3. The standard InChI is InChI=1S/C34H16F9N3/c35-32(36,37)19-12-20(33(38,39)40)14-21(13-19)45-27-10-3-1-7-22(27)24-15-25-23-8-2-4-11-28(23)46(30(25)16-29(24)45)31-18(17-44)6-5-9-26(31)34(41,42)43/h1-16H. The van der Waals surface area contributed by atoms with Crippen LogP contribution in [0.5, 0.6) is 0 Å². The van der Waals surface area contributed by atoms with Crippen molar-refractivity contribution in [2.24, 2.45) is 0 Å². The first-order valence-corrected chi connectivity index (χ1v) is 13.6. The lowest BCUT2D eigenvalue weighted by atomic mass is 10.1. The zero-order valence-electron chi connectivity index (χ0n) is 23.0. The molecule has 5 aromatic carbocycles. The minimum Gasteiger partial charge on any atom is -0.309 e. The molecule has 7 aromatic rings. The van der Waals surface area contributed by atoms with E-state index < -0.39 is 46.6 Å². The van der Waals surface area contributed by atoms with Gasteiger partial charge >= 0.3 is 18.5 Å². The number of alkyl halides is 9. The van der Waals surface area contributed by atoms with Crippen molar-refractivity contribution in [1.82, 2.24) is 9.13 Å². The largest absolute Gasteiger partial charge is 0.418 e. The molecule has 0 unspecified atom stereocenters. The number of halogens is 9. The first kappa shape index (κ1) is 29.3. The van der Waals surface area contributed by atoms with E-state index in [0.717, 1.165) is 12.1 Å². The van der Waals surface area contributed by atoms with Crippen LogP contribution in [0.2, 0.25) is 0 Å². The van der Waals surface area contributed by atoms with E-state index in [4.69, 9.17) is 0 Å². The minimum atomic E-state index is -5.11. The van der Waals surface area contributed by atoms with Gasteiger partial charge in [0.05, 0.1) is 50.0 Å². The van der Waals surface area contributed by atoms with E-state index in [1.54, 1.807) is 48.5 Å². The van der Waals surface area contributed by atoms with E-state index in [0.29, 0.717) is 39.2 Å². The molecule has 12 heteroatoms. The summed E-state index contributed by atoms with van der Waals surface area (Å²) in [4.78, 5) is 0. The van der Waals surface area contributed by atoms with Crippen LogP contribution in [0.25, 0.3) is 55.0 Å². The van der Waals surface area contributed by atoms with Crippen LogP contribution in [0.1, 0.15) is 22.3 Å². The highest BCUT2D eigenvalue weighted by Gasteiger charge is 2.38. The van der Waals surface area contributed by atoms with Crippen molar-refractivity contribution < 1.29 is 39.5 Å². The maximum Gasteiger partial charge on any atom is 0.418 e. The Morgan fingerprint density at radius 3 is 1.52 bits per heavy atom. The van der Waals surface area contributed by atoms with E-state index in [1.165, 1.54) is 27.3 Å². The zero-order valence-corrected chi connectivity index (χ0v) is 23.0. The molecular weight excluding hydrogens is 621 g/mol. The summed E-state index contributed by atoms with van der Waals surface area (Å²) in [6.07, 6.45) is -15.1. The van der Waals surface area contributed by atoms with Crippen LogP contribution in [0, 0.1) is 11.3 Å². The predicted octanol–water partition coefficient (Wildman–Crippen LogP) is 10.8. The number of nitrogens with zero attached hydrogens (tertiary/aromatic N) is 3. The van der Waals surface area contributed by atoms with Crippen molar-refractivity contribution >= 4 is 43.6 Å². The molecular formula is C34H16F9N3. The molecule has 0 saturated heterocycles. The molecule has 0 atom stereocenters. The Kier molecular flexibility index (Phi) is 6.22. The topological polar surface area (TPSA) is 33.6 Å². The van der Waals surface area contributed by atoms with Crippen LogP contribution in [0.3, 0.4) is 0 Å². The number of rotatable bonds is 2. The zero-order chi connectivity index (χ0) is 32.8. The molecule has 0 saturated carbocycles. The lowest BCUT2D eigenvalue weighted by Gasteiger charge is -2.18. The van der Waals surface area contributed by atoms with E-state index in [1.807, 2.05) is 6.07 Å². The third-order valence-electron chi connectivity index (χ3n) is 7.98. The maximum absolute atomic E-state index is 14.4. The van der Waals surface area contributed by atoms with E-state index in [9.17, 15) is 44.8 Å². The Bertz CT molecular complexity index is 2370. The molecule has 3 nitrogen and oxygen atoms in total. The Morgan fingerprint density at radius 2 is 1.00 bits per heavy atom. The van der Waals surface area contributed by atoms with Crippen molar-refractivity contribution in [3.05, 3.63) is 119 Å².